The summed E-state index contributed by atoms with van der Waals surface area (Å²) >= 11 is 0. The first kappa shape index (κ1) is 8.36. The van der Waals surface area contributed by atoms with E-state index < -0.39 is 9.51 Å². The second-order valence-electron chi connectivity index (χ2n) is 3.46. The van der Waals surface area contributed by atoms with Crippen LogP contribution in [-0.4, -0.2) is 49.0 Å². The van der Waals surface area contributed by atoms with E-state index in [0.29, 0.717) is 26.2 Å². The molecule has 2 unspecified atom stereocenters. The quantitative estimate of drug-likeness (QED) is 0.381. The maximum absolute atomic E-state index is 11.9. The van der Waals surface area contributed by atoms with Crippen LogP contribution in [0.15, 0.2) is 0 Å². The molecule has 0 aromatic carbocycles. The van der Waals surface area contributed by atoms with Crippen LogP contribution in [0.3, 0.4) is 0 Å². The molecule has 2 saturated heterocycles. The fourth-order valence-electron chi connectivity index (χ4n) is 1.80. The highest BCUT2D eigenvalue weighted by Gasteiger charge is 2.42. The first-order chi connectivity index (χ1) is 5.66. The molecule has 70 valence electrons. The molecule has 2 aliphatic rings. The minimum atomic E-state index is -0.660. The van der Waals surface area contributed by atoms with Crippen molar-refractivity contribution in [3.8, 4) is 0 Å². The van der Waals surface area contributed by atoms with Gasteiger partial charge in [0.25, 0.3) is 0 Å². The number of quaternary nitrogens is 2. The van der Waals surface area contributed by atoms with Crippen molar-refractivity contribution in [1.29, 1.82) is 0 Å². The highest BCUT2D eigenvalue weighted by atomic mass is 16.8. The molecular formula is C6H14N4O2. The molecule has 2 fully saturated rings. The molecule has 0 radical (unpaired) electrons. The molecule has 0 bridgehead atoms. The lowest BCUT2D eigenvalue weighted by atomic mass is 10.6. The number of hydrogen-bond acceptors (Lipinski definition) is 4. The Morgan fingerprint density at radius 3 is 1.50 bits per heavy atom. The van der Waals surface area contributed by atoms with Gasteiger partial charge in [-0.1, -0.05) is 0 Å². The summed E-state index contributed by atoms with van der Waals surface area (Å²) in [5.41, 5.74) is 0. The summed E-state index contributed by atoms with van der Waals surface area (Å²) in [5, 5.41) is 29.7. The first-order valence-corrected chi connectivity index (χ1v) is 4.24. The van der Waals surface area contributed by atoms with E-state index in [1.54, 1.807) is 0 Å². The zero-order valence-electron chi connectivity index (χ0n) is 6.95. The predicted octanol–water partition coefficient (Wildman–Crippen LogP) is -1.35. The van der Waals surface area contributed by atoms with E-state index in [2.05, 4.69) is 10.6 Å². The van der Waals surface area contributed by atoms with Crippen molar-refractivity contribution >= 4 is 0 Å². The molecule has 12 heavy (non-hydrogen) atoms. The van der Waals surface area contributed by atoms with Gasteiger partial charge in [-0.25, -0.2) is 0 Å². The van der Waals surface area contributed by atoms with Gasteiger partial charge in [0.15, 0.2) is 13.3 Å². The van der Waals surface area contributed by atoms with Gasteiger partial charge in [-0.2, -0.15) is 9.51 Å². The zero-order chi connectivity index (χ0) is 8.66. The first-order valence-electron chi connectivity index (χ1n) is 4.24. The standard InChI is InChI=1S/C6H14N4O2/c11-9(3-1-7-5-9)10(12)4-2-8-6-10/h7-8H,1-6H2. The lowest BCUT2D eigenvalue weighted by Crippen LogP contribution is -2.65. The molecule has 2 N–H and O–H groups in total. The Morgan fingerprint density at radius 1 is 0.833 bits per heavy atom. The Balaban J connectivity index is 2.14. The van der Waals surface area contributed by atoms with Crippen molar-refractivity contribution in [3.05, 3.63) is 10.4 Å². The van der Waals surface area contributed by atoms with Gasteiger partial charge in [-0.05, 0) is 0 Å². The summed E-state index contributed by atoms with van der Waals surface area (Å²) in [5.74, 6) is 0. The Labute approximate surface area is 71.1 Å². The molecule has 2 heterocycles. The Morgan fingerprint density at radius 2 is 1.25 bits per heavy atom. The lowest BCUT2D eigenvalue weighted by Gasteiger charge is -2.53. The molecule has 0 aromatic heterocycles. The van der Waals surface area contributed by atoms with Gasteiger partial charge in [0.1, 0.15) is 13.1 Å². The summed E-state index contributed by atoms with van der Waals surface area (Å²) in [7, 11) is 0. The maximum Gasteiger partial charge on any atom is 0.176 e. The minimum Gasteiger partial charge on any atom is -0.581 e. The van der Waals surface area contributed by atoms with Gasteiger partial charge < -0.3 is 10.4 Å². The van der Waals surface area contributed by atoms with E-state index in [0.717, 1.165) is 0 Å². The normalized spacial score (nSPS) is 48.5. The van der Waals surface area contributed by atoms with Crippen molar-refractivity contribution in [1.82, 2.24) is 10.6 Å². The third-order valence-electron chi connectivity index (χ3n) is 2.66. The van der Waals surface area contributed by atoms with Crippen LogP contribution in [0.1, 0.15) is 0 Å². The molecule has 0 aliphatic carbocycles. The molecule has 2 atom stereocenters. The van der Waals surface area contributed by atoms with Gasteiger partial charge in [0.2, 0.25) is 0 Å². The zero-order valence-corrected chi connectivity index (χ0v) is 6.95. The van der Waals surface area contributed by atoms with E-state index in [4.69, 9.17) is 0 Å². The van der Waals surface area contributed by atoms with Crippen molar-refractivity contribution < 1.29 is 9.51 Å². The second kappa shape index (κ2) is 2.63. The molecule has 2 aliphatic heterocycles. The van der Waals surface area contributed by atoms with Crippen LogP contribution in [0.2, 0.25) is 0 Å². The van der Waals surface area contributed by atoms with Crippen molar-refractivity contribution in [2.45, 2.75) is 0 Å². The van der Waals surface area contributed by atoms with Crippen LogP contribution >= 0.6 is 0 Å². The highest BCUT2D eigenvalue weighted by Crippen LogP contribution is 2.23. The van der Waals surface area contributed by atoms with Crippen LogP contribution in [-0.2, 0) is 0 Å². The number of rotatable bonds is 1. The largest absolute Gasteiger partial charge is 0.581 e. The van der Waals surface area contributed by atoms with Gasteiger partial charge in [0, 0.05) is 0 Å². The highest BCUT2D eigenvalue weighted by molar-refractivity contribution is 4.55. The van der Waals surface area contributed by atoms with Gasteiger partial charge in [-0.15, -0.1) is 0 Å². The van der Waals surface area contributed by atoms with E-state index in [1.807, 2.05) is 0 Å². The molecule has 0 saturated carbocycles. The molecule has 2 rings (SSSR count). The SMILES string of the molecule is [O-][N+]1([N+]2([O-])CCNC2)CCNC1. The molecule has 0 aromatic rings. The van der Waals surface area contributed by atoms with Crippen LogP contribution in [0, 0.1) is 10.4 Å². The summed E-state index contributed by atoms with van der Waals surface area (Å²) in [4.78, 5) is 0. The van der Waals surface area contributed by atoms with E-state index >= 15 is 0 Å². The number of hydrogen-bond donors (Lipinski definition) is 2. The van der Waals surface area contributed by atoms with Crippen LogP contribution < -0.4 is 10.6 Å². The number of nitrogens with one attached hydrogen (secondary N) is 2. The Kier molecular flexibility index (Phi) is 1.83. The minimum absolute atomic E-state index is 0.255. The monoisotopic (exact) mass is 174 g/mol. The van der Waals surface area contributed by atoms with Gasteiger partial charge in [0.05, 0.1) is 13.1 Å². The van der Waals surface area contributed by atoms with Gasteiger partial charge >= 0.3 is 0 Å². The summed E-state index contributed by atoms with van der Waals surface area (Å²) in [6.45, 7) is 2.62. The van der Waals surface area contributed by atoms with E-state index in [1.165, 1.54) is 0 Å². The van der Waals surface area contributed by atoms with Crippen LogP contribution in [0.4, 0.5) is 0 Å². The van der Waals surface area contributed by atoms with Crippen molar-refractivity contribution in [2.75, 3.05) is 39.5 Å². The maximum atomic E-state index is 11.9. The summed E-state index contributed by atoms with van der Waals surface area (Å²) < 4.78 is -1.32. The van der Waals surface area contributed by atoms with Crippen molar-refractivity contribution in [2.24, 2.45) is 0 Å². The summed E-state index contributed by atoms with van der Waals surface area (Å²) in [6, 6.07) is 0. The average molecular weight is 174 g/mol. The van der Waals surface area contributed by atoms with E-state index in [9.17, 15) is 10.4 Å². The third-order valence-corrected chi connectivity index (χ3v) is 2.66. The Hall–Kier alpha value is -0.240. The molecular weight excluding hydrogens is 160 g/mol. The molecule has 0 amide bonds. The Bertz CT molecular complexity index is 154. The average Bonchev–Trinajstić information content (AvgIpc) is 2.60. The molecule has 6 heteroatoms. The molecule has 6 nitrogen and oxygen atoms in total. The smallest absolute Gasteiger partial charge is 0.176 e. The fourth-order valence-corrected chi connectivity index (χ4v) is 1.80. The fraction of sp³-hybridized carbons (Fsp3) is 1.00. The lowest BCUT2D eigenvalue weighted by molar-refractivity contribution is -1.45. The number of nitrogens with zero attached hydrogens (tertiary/aromatic N) is 2. The number of hydroxylamine groups is 4. The van der Waals surface area contributed by atoms with Crippen LogP contribution in [0.5, 0.6) is 0 Å². The summed E-state index contributed by atoms with van der Waals surface area (Å²) in [6.07, 6.45) is 0. The third kappa shape index (κ3) is 1.05. The van der Waals surface area contributed by atoms with Gasteiger partial charge in [-0.3, -0.25) is 10.6 Å². The molecule has 0 spiro atoms. The van der Waals surface area contributed by atoms with Crippen LogP contribution in [0.25, 0.3) is 0 Å². The topological polar surface area (TPSA) is 70.2 Å². The van der Waals surface area contributed by atoms with Crippen molar-refractivity contribution in [3.63, 3.8) is 0 Å². The predicted molar refractivity (Wildman–Crippen MR) is 42.7 cm³/mol. The second-order valence-corrected chi connectivity index (χ2v) is 3.46. The van der Waals surface area contributed by atoms with E-state index in [-0.39, 0.29) is 13.3 Å².